The lowest BCUT2D eigenvalue weighted by Gasteiger charge is -2.22. The van der Waals surface area contributed by atoms with Crippen LogP contribution in [-0.2, 0) is 28.3 Å². The van der Waals surface area contributed by atoms with Gasteiger partial charge in [0.1, 0.15) is 11.6 Å². The van der Waals surface area contributed by atoms with E-state index in [4.69, 9.17) is 17.3 Å². The van der Waals surface area contributed by atoms with Crippen molar-refractivity contribution in [3.05, 3.63) is 81.8 Å². The van der Waals surface area contributed by atoms with Gasteiger partial charge in [-0.2, -0.15) is 13.9 Å². The van der Waals surface area contributed by atoms with Crippen LogP contribution in [-0.4, -0.2) is 65.0 Å². The van der Waals surface area contributed by atoms with Crippen molar-refractivity contribution in [2.24, 2.45) is 24.0 Å². The van der Waals surface area contributed by atoms with Gasteiger partial charge in [-0.1, -0.05) is 22.4 Å². The highest BCUT2D eigenvalue weighted by Crippen LogP contribution is 2.65. The summed E-state index contributed by atoms with van der Waals surface area (Å²) in [5, 5.41) is 11.1. The van der Waals surface area contributed by atoms with E-state index >= 15 is 8.78 Å². The fraction of sp³-hybridized carbons (Fsp3) is 0.344. The maximum absolute atomic E-state index is 15.2. The average Bonchev–Trinajstić information content (AvgIpc) is 3.56. The highest BCUT2D eigenvalue weighted by Gasteiger charge is 2.74. The minimum Gasteiger partial charge on any atom is -0.397 e. The van der Waals surface area contributed by atoms with E-state index in [2.05, 4.69) is 25.2 Å². The summed E-state index contributed by atoms with van der Waals surface area (Å²) in [6.45, 7) is -0.858. The van der Waals surface area contributed by atoms with Gasteiger partial charge in [0.05, 0.1) is 45.8 Å². The van der Waals surface area contributed by atoms with Crippen molar-refractivity contribution in [3.63, 3.8) is 0 Å². The largest absolute Gasteiger partial charge is 0.397 e. The van der Waals surface area contributed by atoms with Gasteiger partial charge in [0, 0.05) is 35.7 Å². The van der Waals surface area contributed by atoms with E-state index in [1.54, 1.807) is 6.07 Å². The van der Waals surface area contributed by atoms with Crippen LogP contribution in [0.25, 0.3) is 22.0 Å². The van der Waals surface area contributed by atoms with Gasteiger partial charge in [-0.15, -0.1) is 0 Å². The van der Waals surface area contributed by atoms with E-state index in [-0.39, 0.29) is 57.1 Å². The Morgan fingerprint density at radius 2 is 1.86 bits per heavy atom. The number of hydrogen-bond acceptors (Lipinski definition) is 7. The molecule has 2 aromatic heterocycles. The van der Waals surface area contributed by atoms with Crippen molar-refractivity contribution in [2.45, 2.75) is 37.3 Å². The first-order valence-electron chi connectivity index (χ1n) is 15.4. The van der Waals surface area contributed by atoms with Crippen LogP contribution in [0.2, 0.25) is 5.02 Å². The monoisotopic (exact) mass is 753 g/mol. The van der Waals surface area contributed by atoms with Crippen LogP contribution < -0.4 is 15.8 Å². The molecule has 1 saturated carbocycles. The number of carbonyl (C=O) groups excluding carboxylic acids is 1. The number of rotatable bonds is 10. The summed E-state index contributed by atoms with van der Waals surface area (Å²) < 4.78 is 116. The topological polar surface area (TPSA) is 147 Å². The highest BCUT2D eigenvalue weighted by molar-refractivity contribution is 7.92. The van der Waals surface area contributed by atoms with Crippen LogP contribution in [0.4, 0.5) is 37.8 Å². The Balaban J connectivity index is 1.31. The second-order valence-electron chi connectivity index (χ2n) is 12.8. The van der Waals surface area contributed by atoms with E-state index in [0.717, 1.165) is 18.4 Å². The first-order chi connectivity index (χ1) is 23.9. The smallest absolute Gasteiger partial charge is 0.335 e. The van der Waals surface area contributed by atoms with E-state index in [9.17, 15) is 30.8 Å². The molecule has 1 aliphatic heterocycles. The Labute approximate surface area is 291 Å². The van der Waals surface area contributed by atoms with Crippen LogP contribution >= 0.6 is 11.6 Å². The van der Waals surface area contributed by atoms with Crippen LogP contribution in [0, 0.1) is 23.5 Å². The van der Waals surface area contributed by atoms with Crippen LogP contribution in [0.15, 0.2) is 59.0 Å². The standard InChI is InChI=1S/C32H27ClF6N8O3S/c1-46-28-17(3-4-21(33)25(28)31(44-46)45-51(2,49)50)18-9-16(40)11-41-26(18)22(7-13-5-14(34)8-15(35)6-13)42-23(48)12-47-29-24(27(43-47)30(36)37)19-10-20(19)32(29,38)39/h3-6,8-9,11,19-20,22,27,30H,7,10,12,40H2,1-2H3,(H-,42,44,45,48)/p+1/t19-,20+,22-,27?/m0/s1. The Kier molecular flexibility index (Phi) is 8.32. The van der Waals surface area contributed by atoms with Crippen LogP contribution in [0.5, 0.6) is 0 Å². The lowest BCUT2D eigenvalue weighted by atomic mass is 9.94. The Morgan fingerprint density at radius 3 is 2.53 bits per heavy atom. The number of anilines is 2. The normalized spacial score (nSPS) is 21.1. The molecular formula is C32H28ClF6N8O3S+. The third-order valence-corrected chi connectivity index (χ3v) is 9.97. The molecule has 1 unspecified atom stereocenters. The number of hydrogen-bond donors (Lipinski definition) is 3. The number of pyridine rings is 1. The number of halogens is 7. The molecule has 3 heterocycles. The zero-order valence-electron chi connectivity index (χ0n) is 26.6. The second kappa shape index (κ2) is 12.2. The highest BCUT2D eigenvalue weighted by atomic mass is 35.5. The quantitative estimate of drug-likeness (QED) is 0.143. The molecule has 3 aliphatic rings. The number of amides is 1. The fourth-order valence-corrected chi connectivity index (χ4v) is 7.86. The zero-order chi connectivity index (χ0) is 36.7. The third-order valence-electron chi connectivity index (χ3n) is 9.09. The molecule has 11 nitrogen and oxygen atoms in total. The lowest BCUT2D eigenvalue weighted by Crippen LogP contribution is -2.38. The molecular weight excluding hydrogens is 726 g/mol. The number of nitrogens with two attached hydrogens (primary N) is 1. The molecule has 0 radical (unpaired) electrons. The number of carbonyl (C=O) groups is 1. The molecule has 4 aromatic rings. The van der Waals surface area contributed by atoms with Crippen LogP contribution in [0.3, 0.4) is 0 Å². The number of nitrogens with one attached hydrogen (secondary N) is 2. The number of azo groups is 2. The van der Waals surface area contributed by atoms with Gasteiger partial charge in [-0.25, -0.2) is 26.0 Å². The Morgan fingerprint density at radius 1 is 1.16 bits per heavy atom. The molecule has 1 fully saturated rings. The van der Waals surface area contributed by atoms with E-state index in [1.807, 2.05) is 0 Å². The molecule has 1 amide bonds. The summed E-state index contributed by atoms with van der Waals surface area (Å²) in [5.41, 5.74) is 6.58. The Bertz CT molecular complexity index is 2290. The minimum absolute atomic E-state index is 0.0584. The summed E-state index contributed by atoms with van der Waals surface area (Å²) in [5.74, 6) is -8.13. The number of nitrogens with zero attached hydrogens (tertiary/aromatic N) is 5. The number of fused-ring (bicyclic) bond motifs is 3. The molecule has 19 heteroatoms. The summed E-state index contributed by atoms with van der Waals surface area (Å²) >= 11 is 6.51. The molecule has 7 rings (SSSR count). The molecule has 0 bridgehead atoms. The van der Waals surface area contributed by atoms with Gasteiger partial charge in [-0.05, 0) is 53.7 Å². The van der Waals surface area contributed by atoms with Crippen molar-refractivity contribution in [1.29, 1.82) is 0 Å². The molecule has 51 heavy (non-hydrogen) atoms. The molecule has 2 aliphatic carbocycles. The summed E-state index contributed by atoms with van der Waals surface area (Å²) in [4.78, 5) is 18.1. The first-order valence-corrected chi connectivity index (χ1v) is 17.7. The van der Waals surface area contributed by atoms with Gasteiger partial charge < -0.3 is 11.1 Å². The molecule has 0 spiro atoms. The first kappa shape index (κ1) is 34.7. The van der Waals surface area contributed by atoms with Crippen molar-refractivity contribution >= 4 is 49.9 Å². The van der Waals surface area contributed by atoms with Gasteiger partial charge in [0.15, 0.2) is 5.82 Å². The SMILES string of the molecule is Cn1nc(NS(C)(=O)=O)c2c(Cl)ccc(-c3cc(N)cnc3[C@H](Cc3cc(F)cc(F)c3)NC(=O)C[N+]3=NC(C(F)F)C4=C3C(F)(F)[C@@H]3C[C@H]43)c21. The molecule has 268 valence electrons. The molecule has 2 aromatic carbocycles. The predicted molar refractivity (Wildman–Crippen MR) is 174 cm³/mol. The van der Waals surface area contributed by atoms with Crippen molar-refractivity contribution in [2.75, 3.05) is 23.3 Å². The maximum Gasteiger partial charge on any atom is 0.335 e. The number of aromatic nitrogens is 3. The number of benzene rings is 2. The van der Waals surface area contributed by atoms with Crippen molar-refractivity contribution in [3.8, 4) is 11.1 Å². The van der Waals surface area contributed by atoms with E-state index in [0.29, 0.717) is 21.8 Å². The fourth-order valence-electron chi connectivity index (χ4n) is 7.12. The van der Waals surface area contributed by atoms with E-state index in [1.165, 1.54) is 30.1 Å². The molecule has 4 N–H and O–H groups in total. The van der Waals surface area contributed by atoms with Gasteiger partial charge in [0.25, 0.3) is 24.6 Å². The van der Waals surface area contributed by atoms with Crippen LogP contribution in [0.1, 0.15) is 23.7 Å². The maximum atomic E-state index is 15.2. The van der Waals surface area contributed by atoms with E-state index < -0.39 is 76.1 Å². The second-order valence-corrected chi connectivity index (χ2v) is 15.0. The number of allylic oxidation sites excluding steroid dienone is 1. The number of alkyl halides is 4. The number of aryl methyl sites for hydroxylation is 1. The van der Waals surface area contributed by atoms with Gasteiger partial charge >= 0.3 is 5.92 Å². The number of nitrogen functional groups attached to an aromatic ring is 1. The van der Waals surface area contributed by atoms with Crippen molar-refractivity contribution < 1.29 is 44.3 Å². The summed E-state index contributed by atoms with van der Waals surface area (Å²) in [6.07, 6.45) is -1.08. The third kappa shape index (κ3) is 6.28. The van der Waals surface area contributed by atoms with Gasteiger partial charge in [0.2, 0.25) is 16.1 Å². The van der Waals surface area contributed by atoms with Crippen molar-refractivity contribution in [1.82, 2.24) is 20.1 Å². The molecule has 4 atom stereocenters. The average molecular weight is 754 g/mol. The molecule has 0 saturated heterocycles. The predicted octanol–water partition coefficient (Wildman–Crippen LogP) is 5.57. The summed E-state index contributed by atoms with van der Waals surface area (Å²) in [7, 11) is -2.26. The number of sulfonamides is 1. The Hall–Kier alpha value is -4.71. The minimum atomic E-state index is -3.79. The van der Waals surface area contributed by atoms with Gasteiger partial charge in [-0.3, -0.25) is 19.2 Å². The zero-order valence-corrected chi connectivity index (χ0v) is 28.2. The lowest BCUT2D eigenvalue weighted by molar-refractivity contribution is -0.548. The summed E-state index contributed by atoms with van der Waals surface area (Å²) in [6, 6.07) is 4.26.